The van der Waals surface area contributed by atoms with Gasteiger partial charge in [-0.15, -0.1) is 0 Å². The molecule has 190 valence electrons. The number of hydrogen-bond donors (Lipinski definition) is 1. The fraction of sp³-hybridized carbons (Fsp3) is 0.280. The maximum atomic E-state index is 13.6. The predicted molar refractivity (Wildman–Crippen MR) is 125 cm³/mol. The Morgan fingerprint density at radius 1 is 0.944 bits per heavy atom. The number of rotatable bonds is 4. The van der Waals surface area contributed by atoms with Gasteiger partial charge in [-0.3, -0.25) is 10.4 Å². The van der Waals surface area contributed by atoms with E-state index in [1.807, 2.05) is 0 Å². The van der Waals surface area contributed by atoms with E-state index in [1.54, 1.807) is 6.92 Å². The van der Waals surface area contributed by atoms with Gasteiger partial charge in [0, 0.05) is 23.4 Å². The second-order valence-electron chi connectivity index (χ2n) is 8.77. The van der Waals surface area contributed by atoms with Crippen molar-refractivity contribution in [3.63, 3.8) is 0 Å². The zero-order chi connectivity index (χ0) is 27.1. The van der Waals surface area contributed by atoms with E-state index in [2.05, 4.69) is 15.9 Å². The number of alkyl halides is 6. The molecule has 0 unspecified atom stereocenters. The third-order valence-corrected chi connectivity index (χ3v) is 5.75. The number of aliphatic imine (C=N–C) groups is 2. The molecule has 0 radical (unpaired) electrons. The first-order chi connectivity index (χ1) is 16.5. The summed E-state index contributed by atoms with van der Waals surface area (Å²) in [5.41, 5.74) is -2.99. The van der Waals surface area contributed by atoms with Gasteiger partial charge in [0.05, 0.1) is 11.1 Å². The van der Waals surface area contributed by atoms with E-state index in [4.69, 9.17) is 17.0 Å². The van der Waals surface area contributed by atoms with E-state index in [0.29, 0.717) is 28.8 Å². The molecule has 1 aliphatic rings. The smallest absolute Gasteiger partial charge is 0.281 e. The summed E-state index contributed by atoms with van der Waals surface area (Å²) in [6.07, 6.45) is -8.54. The average Bonchev–Trinajstić information content (AvgIpc) is 2.76. The lowest BCUT2D eigenvalue weighted by Gasteiger charge is -2.26. The topological polar surface area (TPSA) is 48.6 Å². The highest BCUT2D eigenvalue weighted by Crippen LogP contribution is 2.39. The summed E-state index contributed by atoms with van der Waals surface area (Å²) in [6.45, 7) is 4.27. The lowest BCUT2D eigenvalue weighted by molar-refractivity contribution is -0.143. The summed E-state index contributed by atoms with van der Waals surface area (Å²) in [4.78, 5) is 8.42. The number of nitrogens with one attached hydrogen (secondary N) is 1. The van der Waals surface area contributed by atoms with Gasteiger partial charge in [-0.2, -0.15) is 26.3 Å². The van der Waals surface area contributed by atoms with Crippen LogP contribution in [0.15, 0.2) is 58.2 Å². The number of halogens is 8. The van der Waals surface area contributed by atoms with Gasteiger partial charge in [0.15, 0.2) is 5.70 Å². The molecule has 2 aromatic carbocycles. The van der Waals surface area contributed by atoms with Crippen LogP contribution in [0.5, 0.6) is 0 Å². The van der Waals surface area contributed by atoms with Gasteiger partial charge in [0.25, 0.3) is 0 Å². The van der Waals surface area contributed by atoms with Crippen molar-refractivity contribution in [1.82, 2.24) is 0 Å². The summed E-state index contributed by atoms with van der Waals surface area (Å²) in [7, 11) is 0. The van der Waals surface area contributed by atoms with Gasteiger partial charge in [0.2, 0.25) is 0 Å². The van der Waals surface area contributed by atoms with Gasteiger partial charge in [0.1, 0.15) is 16.7 Å². The molecule has 1 heterocycles. The monoisotopic (exact) mass is 529 g/mol. The van der Waals surface area contributed by atoms with Gasteiger partial charge in [-0.25, -0.2) is 9.38 Å². The Labute approximate surface area is 207 Å². The third kappa shape index (κ3) is 5.94. The van der Waals surface area contributed by atoms with Crippen LogP contribution in [-0.4, -0.2) is 23.3 Å². The highest BCUT2D eigenvalue weighted by atomic mass is 35.5. The molecule has 0 saturated heterocycles. The van der Waals surface area contributed by atoms with Crippen molar-refractivity contribution in [2.45, 2.75) is 38.5 Å². The van der Waals surface area contributed by atoms with E-state index in [0.717, 1.165) is 0 Å². The van der Waals surface area contributed by atoms with Crippen LogP contribution in [0, 0.1) is 18.2 Å². The van der Waals surface area contributed by atoms with Crippen LogP contribution in [0.2, 0.25) is 0 Å². The second kappa shape index (κ2) is 9.67. The first-order valence-corrected chi connectivity index (χ1v) is 10.8. The quantitative estimate of drug-likeness (QED) is 0.311. The third-order valence-electron chi connectivity index (χ3n) is 5.56. The van der Waals surface area contributed by atoms with Crippen LogP contribution >= 0.6 is 11.6 Å². The van der Waals surface area contributed by atoms with Crippen molar-refractivity contribution in [3.05, 3.63) is 81.8 Å². The molecule has 0 aliphatic carbocycles. The van der Waals surface area contributed by atoms with Gasteiger partial charge in [-0.1, -0.05) is 31.5 Å². The number of hydrogen-bond acceptors (Lipinski definition) is 3. The molecule has 36 heavy (non-hydrogen) atoms. The summed E-state index contributed by atoms with van der Waals surface area (Å²) >= 11 is 6.08. The molecule has 1 aliphatic heterocycles. The molecule has 0 atom stereocenters. The summed E-state index contributed by atoms with van der Waals surface area (Å²) in [5.74, 6) is 1.61. The number of nitrogens with zero attached hydrogens (tertiary/aromatic N) is 2. The van der Waals surface area contributed by atoms with Crippen molar-refractivity contribution < 1.29 is 30.7 Å². The number of aryl methyl sites for hydroxylation is 1. The van der Waals surface area contributed by atoms with E-state index in [-0.39, 0.29) is 34.8 Å². The predicted octanol–water partition coefficient (Wildman–Crippen LogP) is 7.76. The van der Waals surface area contributed by atoms with Gasteiger partial charge in [-0.05, 0) is 60.0 Å². The maximum absolute atomic E-state index is 13.6. The van der Waals surface area contributed by atoms with E-state index in [9.17, 15) is 30.7 Å². The first kappa shape index (κ1) is 27.4. The maximum Gasteiger partial charge on any atom is 0.416 e. The SMILES string of the molecule is Cc1cc(F)ccc1C1=CC(Cl)=NC(=C=N)C1=NCC(C)(C)c1cc(C(F)(F)F)cc(C(F)(F)F)c1. The van der Waals surface area contributed by atoms with E-state index < -0.39 is 34.7 Å². The summed E-state index contributed by atoms with van der Waals surface area (Å²) in [6, 6.07) is 5.35. The molecule has 0 amide bonds. The largest absolute Gasteiger partial charge is 0.416 e. The molecule has 0 fully saturated rings. The van der Waals surface area contributed by atoms with Crippen LogP contribution < -0.4 is 0 Å². The standard InChI is InChI=1S/C25H19ClF7N3/c1-13-6-17(27)4-5-18(13)19-10-21(26)36-20(11-34)22(19)35-12-23(2,3)14-7-15(24(28,29)30)9-16(8-14)25(31,32)33/h4-10,34H,12H2,1-3H3. The van der Waals surface area contributed by atoms with Crippen molar-refractivity contribution in [1.29, 1.82) is 5.41 Å². The molecule has 0 saturated carbocycles. The molecule has 2 aromatic rings. The Hall–Kier alpha value is -3.23. The molecule has 0 aromatic heterocycles. The average molecular weight is 530 g/mol. The molecular formula is C25H19ClF7N3. The highest BCUT2D eigenvalue weighted by Gasteiger charge is 2.38. The van der Waals surface area contributed by atoms with Crippen molar-refractivity contribution in [3.8, 4) is 0 Å². The summed E-state index contributed by atoms with van der Waals surface area (Å²) in [5, 5.41) is 7.57. The molecule has 0 bridgehead atoms. The lowest BCUT2D eigenvalue weighted by atomic mass is 9.82. The molecular weight excluding hydrogens is 511 g/mol. The fourth-order valence-corrected chi connectivity index (χ4v) is 3.80. The summed E-state index contributed by atoms with van der Waals surface area (Å²) < 4.78 is 93.8. The van der Waals surface area contributed by atoms with Crippen molar-refractivity contribution in [2.75, 3.05) is 6.54 Å². The highest BCUT2D eigenvalue weighted by molar-refractivity contribution is 6.70. The zero-order valence-electron chi connectivity index (χ0n) is 19.2. The lowest BCUT2D eigenvalue weighted by Crippen LogP contribution is -2.25. The molecule has 3 rings (SSSR count). The minimum atomic E-state index is -4.99. The van der Waals surface area contributed by atoms with E-state index >= 15 is 0 Å². The Morgan fingerprint density at radius 3 is 2.00 bits per heavy atom. The molecule has 11 heteroatoms. The van der Waals surface area contributed by atoms with Crippen LogP contribution in [0.1, 0.15) is 41.7 Å². The van der Waals surface area contributed by atoms with Crippen molar-refractivity contribution >= 4 is 33.9 Å². The van der Waals surface area contributed by atoms with Crippen LogP contribution in [0.3, 0.4) is 0 Å². The Balaban J connectivity index is 2.12. The van der Waals surface area contributed by atoms with Gasteiger partial charge < -0.3 is 0 Å². The number of dihydropyridines is 1. The first-order valence-electron chi connectivity index (χ1n) is 10.4. The van der Waals surface area contributed by atoms with E-state index in [1.165, 1.54) is 38.1 Å². The Morgan fingerprint density at radius 2 is 1.50 bits per heavy atom. The van der Waals surface area contributed by atoms with Crippen LogP contribution in [0.25, 0.3) is 5.57 Å². The molecule has 1 N–H and O–H groups in total. The Bertz CT molecular complexity index is 1310. The minimum absolute atomic E-state index is 0.00520. The fourth-order valence-electron chi connectivity index (χ4n) is 3.60. The second-order valence-corrected chi connectivity index (χ2v) is 9.16. The Kier molecular flexibility index (Phi) is 7.35. The van der Waals surface area contributed by atoms with Crippen molar-refractivity contribution in [2.24, 2.45) is 9.98 Å². The van der Waals surface area contributed by atoms with Crippen LogP contribution in [-0.2, 0) is 17.8 Å². The van der Waals surface area contributed by atoms with Gasteiger partial charge >= 0.3 is 12.4 Å². The van der Waals surface area contributed by atoms with Crippen LogP contribution in [0.4, 0.5) is 30.7 Å². The number of benzene rings is 2. The molecule has 3 nitrogen and oxygen atoms in total. The zero-order valence-corrected chi connectivity index (χ0v) is 19.9. The molecule has 0 spiro atoms. The number of allylic oxidation sites excluding steroid dienone is 2. The minimum Gasteiger partial charge on any atom is -0.281 e. The normalized spacial score (nSPS) is 16.1.